The van der Waals surface area contributed by atoms with Gasteiger partial charge in [0.05, 0.1) is 4.90 Å². The zero-order valence-electron chi connectivity index (χ0n) is 12.6. The summed E-state index contributed by atoms with van der Waals surface area (Å²) in [6, 6.07) is 4.87. The van der Waals surface area contributed by atoms with Gasteiger partial charge in [-0.2, -0.15) is 4.31 Å². The van der Waals surface area contributed by atoms with Crippen molar-refractivity contribution in [2.45, 2.75) is 31.1 Å². The van der Waals surface area contributed by atoms with Gasteiger partial charge in [0.2, 0.25) is 15.9 Å². The Morgan fingerprint density at radius 2 is 2.05 bits per heavy atom. The highest BCUT2D eigenvalue weighted by molar-refractivity contribution is 7.89. The van der Waals surface area contributed by atoms with Gasteiger partial charge < -0.3 is 5.32 Å². The van der Waals surface area contributed by atoms with Crippen LogP contribution in [0.2, 0.25) is 0 Å². The molecule has 1 fully saturated rings. The number of hydrogen-bond acceptors (Lipinski definition) is 3. The number of nitrogens with zero attached hydrogens (tertiary/aromatic N) is 1. The fourth-order valence-corrected chi connectivity index (χ4v) is 4.11. The summed E-state index contributed by atoms with van der Waals surface area (Å²) in [6.45, 7) is 3.10. The van der Waals surface area contributed by atoms with Crippen molar-refractivity contribution >= 4 is 15.9 Å². The van der Waals surface area contributed by atoms with Gasteiger partial charge in [0.1, 0.15) is 5.82 Å². The van der Waals surface area contributed by atoms with Crippen LogP contribution in [-0.2, 0) is 14.8 Å². The zero-order chi connectivity index (χ0) is 16.2. The molecule has 1 amide bonds. The van der Waals surface area contributed by atoms with Crippen LogP contribution in [0.25, 0.3) is 0 Å². The van der Waals surface area contributed by atoms with Crippen molar-refractivity contribution in [1.29, 1.82) is 0 Å². The number of benzene rings is 1. The van der Waals surface area contributed by atoms with E-state index in [2.05, 4.69) is 5.32 Å². The van der Waals surface area contributed by atoms with Gasteiger partial charge in [0.15, 0.2) is 0 Å². The highest BCUT2D eigenvalue weighted by atomic mass is 32.2. The van der Waals surface area contributed by atoms with Gasteiger partial charge >= 0.3 is 0 Å². The maximum Gasteiger partial charge on any atom is 0.243 e. The molecule has 0 spiro atoms. The lowest BCUT2D eigenvalue weighted by atomic mass is 10.00. The average molecular weight is 328 g/mol. The van der Waals surface area contributed by atoms with Crippen molar-refractivity contribution in [3.8, 4) is 0 Å². The fraction of sp³-hybridized carbons (Fsp3) is 0.533. The molecular weight excluding hydrogens is 307 g/mol. The van der Waals surface area contributed by atoms with Crippen LogP contribution in [0, 0.1) is 11.7 Å². The quantitative estimate of drug-likeness (QED) is 0.895. The van der Waals surface area contributed by atoms with E-state index in [0.717, 1.165) is 25.0 Å². The second-order valence-electron chi connectivity index (χ2n) is 5.48. The largest absolute Gasteiger partial charge is 0.356 e. The lowest BCUT2D eigenvalue weighted by Crippen LogP contribution is -2.43. The predicted molar refractivity (Wildman–Crippen MR) is 81.2 cm³/mol. The minimum atomic E-state index is -3.60. The standard InChI is InChI=1S/C15H21FN2O3S/c1-2-15(19)17-10-12-4-3-9-18(11-12)22(20,21)14-7-5-13(16)6-8-14/h5-8,12H,2-4,9-11H2,1H3,(H,17,19). The highest BCUT2D eigenvalue weighted by Gasteiger charge is 2.30. The molecule has 0 aliphatic carbocycles. The van der Waals surface area contributed by atoms with Crippen molar-refractivity contribution in [2.75, 3.05) is 19.6 Å². The monoisotopic (exact) mass is 328 g/mol. The third-order valence-corrected chi connectivity index (χ3v) is 5.72. The predicted octanol–water partition coefficient (Wildman–Crippen LogP) is 1.75. The number of sulfonamides is 1. The number of carbonyl (C=O) groups excluding carboxylic acids is 1. The van der Waals surface area contributed by atoms with Crippen molar-refractivity contribution in [3.63, 3.8) is 0 Å². The molecule has 1 aromatic rings. The third kappa shape index (κ3) is 4.04. The summed E-state index contributed by atoms with van der Waals surface area (Å²) in [7, 11) is -3.60. The molecule has 1 N–H and O–H groups in total. The van der Waals surface area contributed by atoms with Crippen LogP contribution in [0.4, 0.5) is 4.39 Å². The Bertz CT molecular complexity index is 616. The van der Waals surface area contributed by atoms with Crippen LogP contribution in [0.15, 0.2) is 29.2 Å². The van der Waals surface area contributed by atoms with Crippen molar-refractivity contribution < 1.29 is 17.6 Å². The molecule has 1 heterocycles. The molecule has 7 heteroatoms. The first-order valence-electron chi connectivity index (χ1n) is 7.46. The first-order chi connectivity index (χ1) is 10.4. The van der Waals surface area contributed by atoms with Crippen molar-refractivity contribution in [1.82, 2.24) is 9.62 Å². The first-order valence-corrected chi connectivity index (χ1v) is 8.90. The molecule has 1 saturated heterocycles. The molecule has 22 heavy (non-hydrogen) atoms. The Balaban J connectivity index is 2.04. The maximum atomic E-state index is 12.9. The molecule has 1 atom stereocenters. The lowest BCUT2D eigenvalue weighted by molar-refractivity contribution is -0.121. The van der Waals surface area contributed by atoms with E-state index in [1.54, 1.807) is 6.92 Å². The average Bonchev–Trinajstić information content (AvgIpc) is 2.53. The number of piperidine rings is 1. The SMILES string of the molecule is CCC(=O)NCC1CCCN(S(=O)(=O)c2ccc(F)cc2)C1. The van der Waals surface area contributed by atoms with Crippen LogP contribution in [0.3, 0.4) is 0 Å². The second kappa shape index (κ2) is 7.19. The molecule has 0 bridgehead atoms. The Kier molecular flexibility index (Phi) is 5.52. The van der Waals surface area contributed by atoms with Gasteiger partial charge in [-0.3, -0.25) is 4.79 Å². The van der Waals surface area contributed by atoms with Gasteiger partial charge in [-0.05, 0) is 43.0 Å². The van der Waals surface area contributed by atoms with Crippen LogP contribution < -0.4 is 5.32 Å². The van der Waals surface area contributed by atoms with E-state index < -0.39 is 15.8 Å². The topological polar surface area (TPSA) is 66.5 Å². The number of rotatable bonds is 5. The van der Waals surface area contributed by atoms with E-state index in [0.29, 0.717) is 26.1 Å². The molecule has 5 nitrogen and oxygen atoms in total. The zero-order valence-corrected chi connectivity index (χ0v) is 13.4. The van der Waals surface area contributed by atoms with Crippen LogP contribution in [0.5, 0.6) is 0 Å². The van der Waals surface area contributed by atoms with Gasteiger partial charge in [-0.15, -0.1) is 0 Å². The highest BCUT2D eigenvalue weighted by Crippen LogP contribution is 2.23. The van der Waals surface area contributed by atoms with Crippen molar-refractivity contribution in [2.24, 2.45) is 5.92 Å². The molecule has 1 unspecified atom stereocenters. The first kappa shape index (κ1) is 16.9. The van der Waals surface area contributed by atoms with Crippen molar-refractivity contribution in [3.05, 3.63) is 30.1 Å². The summed E-state index contributed by atoms with van der Waals surface area (Å²) in [5.41, 5.74) is 0. The number of hydrogen-bond donors (Lipinski definition) is 1. The van der Waals surface area contributed by atoms with Crippen LogP contribution >= 0.6 is 0 Å². The molecule has 0 saturated carbocycles. The van der Waals surface area contributed by atoms with E-state index in [4.69, 9.17) is 0 Å². The van der Waals surface area contributed by atoms with Crippen LogP contribution in [-0.4, -0.2) is 38.3 Å². The summed E-state index contributed by atoms with van der Waals surface area (Å²) < 4.78 is 39.5. The van der Waals surface area contributed by atoms with Gasteiger partial charge in [-0.25, -0.2) is 12.8 Å². The molecule has 2 rings (SSSR count). The molecule has 122 valence electrons. The summed E-state index contributed by atoms with van der Waals surface area (Å²) in [6.07, 6.45) is 2.07. The van der Waals surface area contributed by atoms with Gasteiger partial charge in [0, 0.05) is 26.1 Å². The fourth-order valence-electron chi connectivity index (χ4n) is 2.55. The summed E-state index contributed by atoms with van der Waals surface area (Å²) in [5, 5.41) is 2.81. The van der Waals surface area contributed by atoms with E-state index in [1.165, 1.54) is 16.4 Å². The van der Waals surface area contributed by atoms with E-state index in [-0.39, 0.29) is 16.7 Å². The minimum absolute atomic E-state index is 0.0292. The maximum absolute atomic E-state index is 12.9. The summed E-state index contributed by atoms with van der Waals surface area (Å²) >= 11 is 0. The normalized spacial score (nSPS) is 19.8. The Labute approximate surface area is 130 Å². The van der Waals surface area contributed by atoms with E-state index >= 15 is 0 Å². The summed E-state index contributed by atoms with van der Waals surface area (Å²) in [5.74, 6) is -0.379. The molecule has 0 radical (unpaired) electrons. The molecule has 0 aromatic heterocycles. The number of amides is 1. The number of carbonyl (C=O) groups is 1. The molecule has 1 aliphatic heterocycles. The number of halogens is 1. The van der Waals surface area contributed by atoms with Gasteiger partial charge in [-0.1, -0.05) is 6.92 Å². The Morgan fingerprint density at radius 1 is 1.36 bits per heavy atom. The second-order valence-corrected chi connectivity index (χ2v) is 7.42. The van der Waals surface area contributed by atoms with Crippen LogP contribution in [0.1, 0.15) is 26.2 Å². The van der Waals surface area contributed by atoms with E-state index in [1.807, 2.05) is 0 Å². The van der Waals surface area contributed by atoms with E-state index in [9.17, 15) is 17.6 Å². The summed E-state index contributed by atoms with van der Waals surface area (Å²) in [4.78, 5) is 11.4. The minimum Gasteiger partial charge on any atom is -0.356 e. The number of nitrogens with one attached hydrogen (secondary N) is 1. The smallest absolute Gasteiger partial charge is 0.243 e. The molecule has 1 aliphatic rings. The molecule has 1 aromatic carbocycles. The molecular formula is C15H21FN2O3S. The Hall–Kier alpha value is -1.47. The Morgan fingerprint density at radius 3 is 2.68 bits per heavy atom. The lowest BCUT2D eigenvalue weighted by Gasteiger charge is -2.32. The van der Waals surface area contributed by atoms with Gasteiger partial charge in [0.25, 0.3) is 0 Å². The third-order valence-electron chi connectivity index (χ3n) is 3.84.